The number of hydrogen-bond donors (Lipinski definition) is 0. The van der Waals surface area contributed by atoms with Crippen LogP contribution in [0, 0.1) is 11.3 Å². The van der Waals surface area contributed by atoms with Gasteiger partial charge in [-0.3, -0.25) is 0 Å². The van der Waals surface area contributed by atoms with E-state index in [-0.39, 0.29) is 17.0 Å². The molecular formula is C23H25BrN6OS. The smallest absolute Gasteiger partial charge is 0.186 e. The van der Waals surface area contributed by atoms with E-state index in [1.807, 2.05) is 24.3 Å². The molecule has 1 saturated heterocycles. The molecule has 32 heavy (non-hydrogen) atoms. The monoisotopic (exact) mass is 512 g/mol. The molecule has 9 heteroatoms. The lowest BCUT2D eigenvalue weighted by Crippen LogP contribution is -2.36. The normalized spacial score (nSPS) is 16.6. The van der Waals surface area contributed by atoms with Gasteiger partial charge in [0.05, 0.1) is 29.4 Å². The maximum atomic E-state index is 10.0. The molecule has 0 saturated carbocycles. The Hall–Kier alpha value is -2.54. The van der Waals surface area contributed by atoms with E-state index in [0.717, 1.165) is 66.0 Å². The molecule has 7 nitrogen and oxygen atoms in total. The molecule has 166 valence electrons. The average Bonchev–Trinajstić information content (AvgIpc) is 3.35. The Morgan fingerprint density at radius 3 is 2.66 bits per heavy atom. The van der Waals surface area contributed by atoms with Crippen LogP contribution in [0.2, 0.25) is 0 Å². The van der Waals surface area contributed by atoms with Crippen molar-refractivity contribution in [2.24, 2.45) is 0 Å². The first-order chi connectivity index (χ1) is 15.3. The fraction of sp³-hybridized carbons (Fsp3) is 0.391. The number of aryl methyl sites for hydroxylation is 1. The van der Waals surface area contributed by atoms with Crippen LogP contribution in [0.5, 0.6) is 0 Å². The molecule has 0 amide bonds. The zero-order chi connectivity index (χ0) is 21.0. The van der Waals surface area contributed by atoms with Crippen molar-refractivity contribution >= 4 is 45.1 Å². The number of halogens is 1. The summed E-state index contributed by atoms with van der Waals surface area (Å²) in [5.41, 5.74) is 2.48. The van der Waals surface area contributed by atoms with Gasteiger partial charge in [0.2, 0.25) is 0 Å². The van der Waals surface area contributed by atoms with Gasteiger partial charge in [-0.25, -0.2) is 4.98 Å². The zero-order valence-corrected chi connectivity index (χ0v) is 20.3. The predicted molar refractivity (Wildman–Crippen MR) is 132 cm³/mol. The summed E-state index contributed by atoms with van der Waals surface area (Å²) in [5.74, 6) is 1.65. The first-order valence-electron chi connectivity index (χ1n) is 10.8. The van der Waals surface area contributed by atoms with Gasteiger partial charge in [-0.2, -0.15) is 5.26 Å². The van der Waals surface area contributed by atoms with Crippen molar-refractivity contribution in [2.45, 2.75) is 32.2 Å². The molecule has 2 aliphatic rings. The molecule has 0 unspecified atom stereocenters. The molecule has 1 aromatic carbocycles. The van der Waals surface area contributed by atoms with Crippen LogP contribution in [0.4, 0.5) is 5.13 Å². The van der Waals surface area contributed by atoms with E-state index in [1.165, 1.54) is 6.42 Å². The molecule has 0 radical (unpaired) electrons. The molecule has 0 atom stereocenters. The van der Waals surface area contributed by atoms with Crippen LogP contribution in [-0.2, 0) is 17.7 Å². The van der Waals surface area contributed by atoms with Gasteiger partial charge in [-0.05, 0) is 18.9 Å². The van der Waals surface area contributed by atoms with Crippen LogP contribution in [0.25, 0.3) is 22.9 Å². The topological polar surface area (TPSA) is 79.9 Å². The lowest BCUT2D eigenvalue weighted by atomic mass is 10.1. The van der Waals surface area contributed by atoms with Gasteiger partial charge in [0, 0.05) is 31.6 Å². The van der Waals surface area contributed by atoms with E-state index >= 15 is 0 Å². The second-order valence-corrected chi connectivity index (χ2v) is 8.76. The van der Waals surface area contributed by atoms with Crippen molar-refractivity contribution in [3.63, 3.8) is 0 Å². The van der Waals surface area contributed by atoms with Crippen LogP contribution in [-0.4, -0.2) is 46.1 Å². The van der Waals surface area contributed by atoms with Crippen LogP contribution < -0.4 is 4.90 Å². The second-order valence-electron chi connectivity index (χ2n) is 7.75. The van der Waals surface area contributed by atoms with Crippen LogP contribution >= 0.6 is 28.3 Å². The fourth-order valence-electron chi connectivity index (χ4n) is 4.07. The van der Waals surface area contributed by atoms with Crippen molar-refractivity contribution < 1.29 is 4.74 Å². The number of morpholine rings is 1. The van der Waals surface area contributed by atoms with Crippen molar-refractivity contribution in [1.29, 1.82) is 5.26 Å². The molecule has 0 bridgehead atoms. The number of anilines is 1. The molecule has 5 rings (SSSR count). The van der Waals surface area contributed by atoms with E-state index in [0.29, 0.717) is 24.6 Å². The second kappa shape index (κ2) is 10.4. The standard InChI is InChI=1S/C23H24N6OS.BrH/c24-16-18(22-27-26-20-9-5-2-6-10-29(20)22)15-19-21(17-7-3-1-4-8-17)25-23(31-19)28-11-13-30-14-12-28;/h1,3-4,7-8,15H,2,5-6,9-14H2;1H. The van der Waals surface area contributed by atoms with Gasteiger partial charge >= 0.3 is 0 Å². The summed E-state index contributed by atoms with van der Waals surface area (Å²) in [6.07, 6.45) is 6.26. The zero-order valence-electron chi connectivity index (χ0n) is 17.7. The Morgan fingerprint density at radius 2 is 1.88 bits per heavy atom. The summed E-state index contributed by atoms with van der Waals surface area (Å²) in [6, 6.07) is 12.5. The highest BCUT2D eigenvalue weighted by molar-refractivity contribution is 8.93. The van der Waals surface area contributed by atoms with E-state index < -0.39 is 0 Å². The summed E-state index contributed by atoms with van der Waals surface area (Å²) in [7, 11) is 0. The minimum absolute atomic E-state index is 0. The average molecular weight is 513 g/mol. The number of hydrogen-bond acceptors (Lipinski definition) is 7. The van der Waals surface area contributed by atoms with Crippen LogP contribution in [0.1, 0.15) is 35.8 Å². The third kappa shape index (κ3) is 4.63. The molecule has 0 aliphatic carbocycles. The Morgan fingerprint density at radius 1 is 1.06 bits per heavy atom. The Bertz CT molecular complexity index is 1130. The number of aromatic nitrogens is 4. The lowest BCUT2D eigenvalue weighted by Gasteiger charge is -2.26. The van der Waals surface area contributed by atoms with Gasteiger partial charge in [0.25, 0.3) is 0 Å². The minimum Gasteiger partial charge on any atom is -0.378 e. The third-order valence-electron chi connectivity index (χ3n) is 5.72. The summed E-state index contributed by atoms with van der Waals surface area (Å²) in [5, 5.41) is 19.7. The Balaban J connectivity index is 0.00000245. The number of ether oxygens (including phenoxy) is 1. The van der Waals surface area contributed by atoms with Crippen LogP contribution in [0.15, 0.2) is 30.3 Å². The first kappa shape index (κ1) is 22.6. The van der Waals surface area contributed by atoms with Gasteiger partial charge < -0.3 is 14.2 Å². The van der Waals surface area contributed by atoms with Crippen molar-refractivity contribution in [2.75, 3.05) is 31.2 Å². The van der Waals surface area contributed by atoms with E-state index in [9.17, 15) is 5.26 Å². The highest BCUT2D eigenvalue weighted by Crippen LogP contribution is 2.36. The molecule has 4 heterocycles. The summed E-state index contributed by atoms with van der Waals surface area (Å²) < 4.78 is 7.62. The Kier molecular flexibility index (Phi) is 7.35. The summed E-state index contributed by atoms with van der Waals surface area (Å²) >= 11 is 1.62. The first-order valence-corrected chi connectivity index (χ1v) is 11.6. The molecule has 2 aromatic heterocycles. The molecule has 0 N–H and O–H groups in total. The fourth-order valence-corrected chi connectivity index (χ4v) is 5.16. The van der Waals surface area contributed by atoms with E-state index in [2.05, 4.69) is 37.9 Å². The van der Waals surface area contributed by atoms with E-state index in [1.54, 1.807) is 11.3 Å². The van der Waals surface area contributed by atoms with Crippen molar-refractivity contribution in [3.05, 3.63) is 46.9 Å². The number of thiazole rings is 1. The lowest BCUT2D eigenvalue weighted by molar-refractivity contribution is 0.122. The molecular weight excluding hydrogens is 488 g/mol. The number of allylic oxidation sites excluding steroid dienone is 1. The van der Waals surface area contributed by atoms with Gasteiger partial charge in [-0.15, -0.1) is 27.2 Å². The highest BCUT2D eigenvalue weighted by atomic mass is 79.9. The number of nitrogens with zero attached hydrogens (tertiary/aromatic N) is 6. The number of rotatable bonds is 4. The number of nitriles is 1. The van der Waals surface area contributed by atoms with Gasteiger partial charge in [0.1, 0.15) is 11.9 Å². The molecule has 0 spiro atoms. The quantitative estimate of drug-likeness (QED) is 0.475. The van der Waals surface area contributed by atoms with Crippen molar-refractivity contribution in [3.8, 4) is 17.3 Å². The minimum atomic E-state index is 0. The largest absolute Gasteiger partial charge is 0.378 e. The molecule has 1 fully saturated rings. The highest BCUT2D eigenvalue weighted by Gasteiger charge is 2.22. The van der Waals surface area contributed by atoms with Crippen molar-refractivity contribution in [1.82, 2.24) is 19.7 Å². The SMILES string of the molecule is Br.N#CC(=Cc1sc(N2CCOCC2)nc1-c1ccccc1)c1nnc2n1CCCCC2. The predicted octanol–water partition coefficient (Wildman–Crippen LogP) is 4.61. The maximum Gasteiger partial charge on any atom is 0.186 e. The summed E-state index contributed by atoms with van der Waals surface area (Å²) in [6.45, 7) is 3.94. The molecule has 3 aromatic rings. The van der Waals surface area contributed by atoms with E-state index in [4.69, 9.17) is 9.72 Å². The third-order valence-corrected chi connectivity index (χ3v) is 6.78. The van der Waals surface area contributed by atoms with Gasteiger partial charge in [-0.1, -0.05) is 48.1 Å². The Labute approximate surface area is 202 Å². The number of fused-ring (bicyclic) bond motifs is 1. The maximum absolute atomic E-state index is 10.0. The molecule has 2 aliphatic heterocycles. The van der Waals surface area contributed by atoms with Gasteiger partial charge in [0.15, 0.2) is 11.0 Å². The number of benzene rings is 1. The summed E-state index contributed by atoms with van der Waals surface area (Å²) in [4.78, 5) is 8.19. The van der Waals surface area contributed by atoms with Crippen LogP contribution in [0.3, 0.4) is 0 Å².